The van der Waals surface area contributed by atoms with Gasteiger partial charge in [0.05, 0.1) is 29.4 Å². The third-order valence-corrected chi connectivity index (χ3v) is 4.80. The number of hydrogen-bond donors (Lipinski definition) is 1. The van der Waals surface area contributed by atoms with Crippen molar-refractivity contribution in [2.24, 2.45) is 0 Å². The first-order valence-corrected chi connectivity index (χ1v) is 9.28. The van der Waals surface area contributed by atoms with Gasteiger partial charge in [0.25, 0.3) is 0 Å². The number of amides is 1. The van der Waals surface area contributed by atoms with Gasteiger partial charge in [0, 0.05) is 10.6 Å². The fourth-order valence-corrected chi connectivity index (χ4v) is 3.50. The van der Waals surface area contributed by atoms with Gasteiger partial charge < -0.3 is 10.1 Å². The highest BCUT2D eigenvalue weighted by molar-refractivity contribution is 7.11. The second kappa shape index (κ2) is 8.45. The fraction of sp³-hybridized carbons (Fsp3) is 0.474. The zero-order valence-corrected chi connectivity index (χ0v) is 16.6. The Morgan fingerprint density at radius 2 is 1.88 bits per heavy atom. The summed E-state index contributed by atoms with van der Waals surface area (Å²) in [5.41, 5.74) is 1.82. The predicted octanol–water partition coefficient (Wildman–Crippen LogP) is 4.18. The molecule has 0 bridgehead atoms. The summed E-state index contributed by atoms with van der Waals surface area (Å²) in [4.78, 5) is 20.1. The predicted molar refractivity (Wildman–Crippen MR) is 103 cm³/mol. The molecular weight excluding hydrogens is 334 g/mol. The van der Waals surface area contributed by atoms with Crippen LogP contribution in [0.15, 0.2) is 24.3 Å². The number of likely N-dealkylation sites (N-methyl/N-ethyl adjacent to an activating group) is 1. The average molecular weight is 362 g/mol. The maximum atomic E-state index is 12.3. The number of nitrogens with one attached hydrogen (secondary N) is 1. The van der Waals surface area contributed by atoms with Gasteiger partial charge in [-0.05, 0) is 65.9 Å². The molecule has 0 aliphatic carbocycles. The van der Waals surface area contributed by atoms with E-state index in [2.05, 4.69) is 24.1 Å². The van der Waals surface area contributed by atoms with Gasteiger partial charge >= 0.3 is 0 Å². The molecule has 1 heterocycles. The maximum absolute atomic E-state index is 12.3. The number of carbonyl (C=O) groups excluding carboxylic acids is 1. The maximum Gasteiger partial charge on any atom is 0.238 e. The molecule has 136 valence electrons. The van der Waals surface area contributed by atoms with Gasteiger partial charge in [0.15, 0.2) is 0 Å². The quantitative estimate of drug-likeness (QED) is 0.804. The van der Waals surface area contributed by atoms with Crippen LogP contribution in [0.5, 0.6) is 5.75 Å². The van der Waals surface area contributed by atoms with E-state index < -0.39 is 0 Å². The molecule has 0 spiro atoms. The normalized spacial score (nSPS) is 12.5. The van der Waals surface area contributed by atoms with Crippen LogP contribution >= 0.6 is 11.3 Å². The lowest BCUT2D eigenvalue weighted by molar-refractivity contribution is -0.117. The second-order valence-electron chi connectivity index (χ2n) is 6.50. The largest absolute Gasteiger partial charge is 0.491 e. The van der Waals surface area contributed by atoms with Crippen molar-refractivity contribution in [2.45, 2.75) is 46.8 Å². The number of nitrogens with zero attached hydrogens (tertiary/aromatic N) is 2. The Balaban J connectivity index is 1.91. The van der Waals surface area contributed by atoms with Crippen LogP contribution in [0.25, 0.3) is 0 Å². The molecule has 0 saturated carbocycles. The Kier molecular flexibility index (Phi) is 6.56. The molecule has 1 aromatic heterocycles. The molecule has 0 fully saturated rings. The van der Waals surface area contributed by atoms with Crippen molar-refractivity contribution in [1.82, 2.24) is 9.88 Å². The Morgan fingerprint density at radius 3 is 2.40 bits per heavy atom. The molecule has 0 aliphatic heterocycles. The molecule has 2 aromatic rings. The molecule has 6 heteroatoms. The summed E-state index contributed by atoms with van der Waals surface area (Å²) >= 11 is 1.69. The van der Waals surface area contributed by atoms with Gasteiger partial charge in [-0.25, -0.2) is 4.98 Å². The van der Waals surface area contributed by atoms with Gasteiger partial charge in [-0.1, -0.05) is 0 Å². The van der Waals surface area contributed by atoms with Gasteiger partial charge in [0.1, 0.15) is 5.75 Å². The molecule has 1 atom stereocenters. The van der Waals surface area contributed by atoms with E-state index in [0.717, 1.165) is 22.1 Å². The monoisotopic (exact) mass is 361 g/mol. The van der Waals surface area contributed by atoms with Crippen LogP contribution in [-0.2, 0) is 4.79 Å². The SMILES string of the molecule is Cc1nc(C(C)N(C)CC(=O)Nc2ccc(OC(C)C)cc2)c(C)s1. The van der Waals surface area contributed by atoms with E-state index >= 15 is 0 Å². The van der Waals surface area contributed by atoms with Gasteiger partial charge in [-0.2, -0.15) is 0 Å². The summed E-state index contributed by atoms with van der Waals surface area (Å²) in [6, 6.07) is 7.53. The van der Waals surface area contributed by atoms with Crippen LogP contribution in [0, 0.1) is 13.8 Å². The van der Waals surface area contributed by atoms with Crippen molar-refractivity contribution in [1.29, 1.82) is 0 Å². The number of anilines is 1. The van der Waals surface area contributed by atoms with Gasteiger partial charge in [-0.3, -0.25) is 9.69 Å². The summed E-state index contributed by atoms with van der Waals surface area (Å²) in [6.07, 6.45) is 0.133. The van der Waals surface area contributed by atoms with Crippen molar-refractivity contribution < 1.29 is 9.53 Å². The minimum Gasteiger partial charge on any atom is -0.491 e. The standard InChI is InChI=1S/C19H27N3O2S/c1-12(2)24-17-9-7-16(8-10-17)21-18(23)11-22(6)13(3)19-14(4)25-15(5)20-19/h7-10,12-13H,11H2,1-6H3,(H,21,23). The molecule has 1 amide bonds. The van der Waals surface area contributed by atoms with Crippen LogP contribution in [0.2, 0.25) is 0 Å². The summed E-state index contributed by atoms with van der Waals surface area (Å²) < 4.78 is 5.61. The van der Waals surface area contributed by atoms with Crippen molar-refractivity contribution >= 4 is 22.9 Å². The van der Waals surface area contributed by atoms with Crippen LogP contribution in [0.4, 0.5) is 5.69 Å². The third kappa shape index (κ3) is 5.54. The number of aryl methyl sites for hydroxylation is 2. The topological polar surface area (TPSA) is 54.5 Å². The highest BCUT2D eigenvalue weighted by atomic mass is 32.1. The molecule has 1 N–H and O–H groups in total. The molecule has 1 unspecified atom stereocenters. The van der Waals surface area contributed by atoms with E-state index in [-0.39, 0.29) is 18.1 Å². The number of benzene rings is 1. The lowest BCUT2D eigenvalue weighted by Gasteiger charge is -2.23. The highest BCUT2D eigenvalue weighted by Gasteiger charge is 2.19. The number of carbonyl (C=O) groups is 1. The van der Waals surface area contributed by atoms with Crippen LogP contribution in [0.1, 0.15) is 42.4 Å². The Morgan fingerprint density at radius 1 is 1.24 bits per heavy atom. The molecule has 1 aromatic carbocycles. The minimum atomic E-state index is -0.0449. The number of thiazole rings is 1. The first-order chi connectivity index (χ1) is 11.8. The van der Waals surface area contributed by atoms with E-state index in [1.807, 2.05) is 57.0 Å². The number of ether oxygens (including phenoxy) is 1. The van der Waals surface area contributed by atoms with Crippen LogP contribution < -0.4 is 10.1 Å². The molecule has 0 saturated heterocycles. The summed E-state index contributed by atoms with van der Waals surface area (Å²) in [5, 5.41) is 3.98. The first kappa shape index (κ1) is 19.4. The third-order valence-electron chi connectivity index (χ3n) is 3.90. The lowest BCUT2D eigenvalue weighted by atomic mass is 10.2. The van der Waals surface area contributed by atoms with Crippen molar-refractivity contribution in [3.63, 3.8) is 0 Å². The lowest BCUT2D eigenvalue weighted by Crippen LogP contribution is -2.32. The van der Waals surface area contributed by atoms with Crippen molar-refractivity contribution in [2.75, 3.05) is 18.9 Å². The van der Waals surface area contributed by atoms with E-state index in [0.29, 0.717) is 6.54 Å². The summed E-state index contributed by atoms with van der Waals surface area (Å²) in [7, 11) is 1.94. The first-order valence-electron chi connectivity index (χ1n) is 8.47. The van der Waals surface area contributed by atoms with Crippen molar-refractivity contribution in [3.05, 3.63) is 39.8 Å². The summed E-state index contributed by atoms with van der Waals surface area (Å²) in [6.45, 7) is 10.4. The fourth-order valence-electron chi connectivity index (χ4n) is 2.59. The molecule has 0 radical (unpaired) electrons. The van der Waals surface area contributed by atoms with Crippen molar-refractivity contribution in [3.8, 4) is 5.75 Å². The smallest absolute Gasteiger partial charge is 0.238 e. The molecule has 0 aliphatic rings. The van der Waals surface area contributed by atoms with E-state index in [4.69, 9.17) is 4.74 Å². The van der Waals surface area contributed by atoms with E-state index in [1.54, 1.807) is 11.3 Å². The molecule has 25 heavy (non-hydrogen) atoms. The molecule has 5 nitrogen and oxygen atoms in total. The van der Waals surface area contributed by atoms with Crippen LogP contribution in [-0.4, -0.2) is 35.5 Å². The number of rotatable bonds is 7. The Hall–Kier alpha value is -1.92. The zero-order valence-electron chi connectivity index (χ0n) is 15.8. The Bertz CT molecular complexity index is 710. The number of hydrogen-bond acceptors (Lipinski definition) is 5. The molecular formula is C19H27N3O2S. The minimum absolute atomic E-state index is 0.0449. The highest BCUT2D eigenvalue weighted by Crippen LogP contribution is 2.26. The van der Waals surface area contributed by atoms with Gasteiger partial charge in [-0.15, -0.1) is 11.3 Å². The Labute approximate surface area is 154 Å². The average Bonchev–Trinajstić information content (AvgIpc) is 2.86. The van der Waals surface area contributed by atoms with E-state index in [9.17, 15) is 4.79 Å². The second-order valence-corrected chi connectivity index (χ2v) is 7.91. The zero-order chi connectivity index (χ0) is 18.6. The van der Waals surface area contributed by atoms with Gasteiger partial charge in [0.2, 0.25) is 5.91 Å². The van der Waals surface area contributed by atoms with E-state index in [1.165, 1.54) is 4.88 Å². The van der Waals surface area contributed by atoms with Crippen LogP contribution in [0.3, 0.4) is 0 Å². The number of aromatic nitrogens is 1. The summed E-state index contributed by atoms with van der Waals surface area (Å²) in [5.74, 6) is 0.754. The molecule has 2 rings (SSSR count).